The third kappa shape index (κ3) is 6.21. The molecular formula is C32H31F3N6O3. The summed E-state index contributed by atoms with van der Waals surface area (Å²) in [6.45, 7) is 1.42. The van der Waals surface area contributed by atoms with Crippen molar-refractivity contribution in [3.05, 3.63) is 78.4 Å². The predicted molar refractivity (Wildman–Crippen MR) is 159 cm³/mol. The van der Waals surface area contributed by atoms with Gasteiger partial charge in [-0.25, -0.2) is 15.0 Å². The number of carboxylic acid groups (broad SMARTS) is 1. The quantitative estimate of drug-likeness (QED) is 0.274. The molecule has 0 unspecified atom stereocenters. The van der Waals surface area contributed by atoms with Crippen LogP contribution in [0.5, 0.6) is 0 Å². The summed E-state index contributed by atoms with van der Waals surface area (Å²) < 4.78 is 41.5. The molecule has 0 radical (unpaired) electrons. The number of amides is 1. The smallest absolute Gasteiger partial charge is 0.404 e. The van der Waals surface area contributed by atoms with Gasteiger partial charge in [0.15, 0.2) is 0 Å². The Labute approximate surface area is 251 Å². The monoisotopic (exact) mass is 604 g/mol. The molecule has 228 valence electrons. The number of benzene rings is 2. The summed E-state index contributed by atoms with van der Waals surface area (Å²) in [4.78, 5) is 40.8. The zero-order valence-electron chi connectivity index (χ0n) is 23.8. The molecule has 0 aliphatic carbocycles. The number of piperidine rings is 1. The average molecular weight is 605 g/mol. The van der Waals surface area contributed by atoms with Crippen LogP contribution in [0.1, 0.15) is 41.7 Å². The van der Waals surface area contributed by atoms with Crippen LogP contribution in [0.2, 0.25) is 0 Å². The maximum absolute atomic E-state index is 13.8. The van der Waals surface area contributed by atoms with Gasteiger partial charge >= 0.3 is 12.1 Å². The highest BCUT2D eigenvalue weighted by atomic mass is 19.4. The Bertz CT molecular complexity index is 1670. The topological polar surface area (TPSA) is 112 Å². The molecule has 2 aromatic carbocycles. The number of carbonyl (C=O) groups is 2. The number of anilines is 2. The normalized spacial score (nSPS) is 18.1. The van der Waals surface area contributed by atoms with Crippen LogP contribution in [0.3, 0.4) is 0 Å². The van der Waals surface area contributed by atoms with Crippen LogP contribution in [0.4, 0.5) is 24.8 Å². The SMILES string of the molecule is O=C(Nc1cc(CN2CCC[C@H]2C(F)(F)F)c(-c2cccc3ccccc23)cn1)c1cnc(N2CCC(C(=O)O)CC2)cn1. The molecule has 4 aromatic rings. The highest BCUT2D eigenvalue weighted by Crippen LogP contribution is 2.37. The molecule has 2 saturated heterocycles. The van der Waals surface area contributed by atoms with E-state index in [1.807, 2.05) is 47.4 Å². The third-order valence-corrected chi connectivity index (χ3v) is 8.47. The highest BCUT2D eigenvalue weighted by Gasteiger charge is 2.45. The first-order valence-corrected chi connectivity index (χ1v) is 14.6. The summed E-state index contributed by atoms with van der Waals surface area (Å²) in [5.74, 6) is -0.989. The maximum atomic E-state index is 13.8. The van der Waals surface area contributed by atoms with Gasteiger partial charge in [0, 0.05) is 31.4 Å². The second kappa shape index (κ2) is 12.2. The van der Waals surface area contributed by atoms with Gasteiger partial charge in [-0.3, -0.25) is 14.5 Å². The number of aromatic nitrogens is 3. The first-order chi connectivity index (χ1) is 21.2. The number of hydrogen-bond donors (Lipinski definition) is 2. The van der Waals surface area contributed by atoms with Gasteiger partial charge < -0.3 is 15.3 Å². The molecule has 1 atom stereocenters. The molecule has 2 fully saturated rings. The van der Waals surface area contributed by atoms with Crippen molar-refractivity contribution < 1.29 is 27.9 Å². The molecule has 2 aliphatic rings. The Morgan fingerprint density at radius 3 is 2.41 bits per heavy atom. The number of carbonyl (C=O) groups excluding carboxylic acids is 1. The summed E-state index contributed by atoms with van der Waals surface area (Å²) in [5.41, 5.74) is 2.21. The van der Waals surface area contributed by atoms with E-state index < -0.39 is 24.1 Å². The molecule has 12 heteroatoms. The van der Waals surface area contributed by atoms with Crippen LogP contribution in [0.25, 0.3) is 21.9 Å². The summed E-state index contributed by atoms with van der Waals surface area (Å²) >= 11 is 0. The Balaban J connectivity index is 1.25. The number of hydrogen-bond acceptors (Lipinski definition) is 7. The van der Waals surface area contributed by atoms with E-state index in [0.717, 1.165) is 16.3 Å². The fraction of sp³-hybridized carbons (Fsp3) is 0.344. The number of carboxylic acids is 1. The van der Waals surface area contributed by atoms with E-state index in [9.17, 15) is 27.9 Å². The van der Waals surface area contributed by atoms with Gasteiger partial charge in [0.05, 0.1) is 18.3 Å². The van der Waals surface area contributed by atoms with Gasteiger partial charge in [0.2, 0.25) is 0 Å². The highest BCUT2D eigenvalue weighted by molar-refractivity contribution is 6.02. The van der Waals surface area contributed by atoms with Crippen LogP contribution >= 0.6 is 0 Å². The van der Waals surface area contributed by atoms with Crippen LogP contribution in [-0.4, -0.2) is 68.7 Å². The van der Waals surface area contributed by atoms with Gasteiger partial charge in [-0.2, -0.15) is 13.2 Å². The molecule has 2 aliphatic heterocycles. The van der Waals surface area contributed by atoms with Gasteiger partial charge in [0.1, 0.15) is 23.4 Å². The lowest BCUT2D eigenvalue weighted by Crippen LogP contribution is -2.40. The van der Waals surface area contributed by atoms with E-state index in [-0.39, 0.29) is 30.4 Å². The van der Waals surface area contributed by atoms with E-state index in [2.05, 4.69) is 20.3 Å². The summed E-state index contributed by atoms with van der Waals surface area (Å²) in [6.07, 6.45) is 1.59. The number of halogens is 3. The molecule has 0 spiro atoms. The van der Waals surface area contributed by atoms with Gasteiger partial charge in [-0.1, -0.05) is 42.5 Å². The van der Waals surface area contributed by atoms with E-state index in [1.54, 1.807) is 12.3 Å². The molecular weight excluding hydrogens is 573 g/mol. The number of nitrogens with one attached hydrogen (secondary N) is 1. The minimum atomic E-state index is -4.34. The molecule has 0 saturated carbocycles. The second-order valence-electron chi connectivity index (χ2n) is 11.2. The summed E-state index contributed by atoms with van der Waals surface area (Å²) in [5, 5.41) is 13.9. The Hall–Kier alpha value is -4.58. The van der Waals surface area contributed by atoms with Crippen molar-refractivity contribution in [1.82, 2.24) is 19.9 Å². The van der Waals surface area contributed by atoms with Crippen molar-refractivity contribution in [3.8, 4) is 11.1 Å². The van der Waals surface area contributed by atoms with Crippen LogP contribution in [0, 0.1) is 5.92 Å². The van der Waals surface area contributed by atoms with Crippen molar-refractivity contribution in [1.29, 1.82) is 0 Å². The fourth-order valence-corrected chi connectivity index (χ4v) is 6.14. The molecule has 4 heterocycles. The molecule has 2 aromatic heterocycles. The van der Waals surface area contributed by atoms with Crippen molar-refractivity contribution in [3.63, 3.8) is 0 Å². The van der Waals surface area contributed by atoms with Crippen LogP contribution in [-0.2, 0) is 11.3 Å². The Kier molecular flexibility index (Phi) is 8.17. The number of nitrogens with zero attached hydrogens (tertiary/aromatic N) is 5. The lowest BCUT2D eigenvalue weighted by atomic mass is 9.95. The first-order valence-electron chi connectivity index (χ1n) is 14.6. The van der Waals surface area contributed by atoms with Crippen LogP contribution in [0.15, 0.2) is 67.1 Å². The van der Waals surface area contributed by atoms with Gasteiger partial charge in [0.25, 0.3) is 5.91 Å². The first kappa shape index (κ1) is 29.5. The van der Waals surface area contributed by atoms with Gasteiger partial charge in [-0.05, 0) is 60.2 Å². The Morgan fingerprint density at radius 2 is 1.68 bits per heavy atom. The van der Waals surface area contributed by atoms with Gasteiger partial charge in [-0.15, -0.1) is 0 Å². The van der Waals surface area contributed by atoms with Crippen molar-refractivity contribution in [2.24, 2.45) is 5.92 Å². The number of pyridine rings is 1. The van der Waals surface area contributed by atoms with E-state index in [1.165, 1.54) is 17.3 Å². The lowest BCUT2D eigenvalue weighted by Gasteiger charge is -2.30. The molecule has 2 N–H and O–H groups in total. The number of fused-ring (bicyclic) bond motifs is 1. The Morgan fingerprint density at radius 1 is 0.909 bits per heavy atom. The van der Waals surface area contributed by atoms with Crippen LogP contribution < -0.4 is 10.2 Å². The largest absolute Gasteiger partial charge is 0.481 e. The van der Waals surface area contributed by atoms with Crippen molar-refractivity contribution in [2.45, 2.75) is 44.4 Å². The summed E-state index contributed by atoms with van der Waals surface area (Å²) in [6, 6.07) is 13.7. The molecule has 44 heavy (non-hydrogen) atoms. The van der Waals surface area contributed by atoms with Crippen molar-refractivity contribution >= 4 is 34.3 Å². The second-order valence-corrected chi connectivity index (χ2v) is 11.2. The molecule has 1 amide bonds. The maximum Gasteiger partial charge on any atom is 0.404 e. The predicted octanol–water partition coefficient (Wildman–Crippen LogP) is 5.77. The zero-order valence-corrected chi connectivity index (χ0v) is 23.8. The minimum absolute atomic E-state index is 0.0429. The lowest BCUT2D eigenvalue weighted by molar-refractivity contribution is -0.177. The minimum Gasteiger partial charge on any atom is -0.481 e. The van der Waals surface area contributed by atoms with Crippen molar-refractivity contribution in [2.75, 3.05) is 29.9 Å². The standard InChI is InChI=1S/C32H31F3N6O3/c33-32(34,35)27-9-4-12-41(27)19-22-15-28(37-16-25(22)24-8-3-6-20-5-1-2-7-23(20)24)39-30(42)26-17-38-29(18-36-26)40-13-10-21(11-14-40)31(43)44/h1-3,5-8,15-18,21,27H,4,9-14,19H2,(H,43,44)(H,37,39,42)/t27-/m0/s1. The third-order valence-electron chi connectivity index (χ3n) is 8.47. The average Bonchev–Trinajstić information content (AvgIpc) is 3.50. The van der Waals surface area contributed by atoms with E-state index in [4.69, 9.17) is 0 Å². The summed E-state index contributed by atoms with van der Waals surface area (Å²) in [7, 11) is 0. The molecule has 6 rings (SSSR count). The fourth-order valence-electron chi connectivity index (χ4n) is 6.14. The molecule has 0 bridgehead atoms. The number of aliphatic carboxylic acids is 1. The van der Waals surface area contributed by atoms with E-state index >= 15 is 0 Å². The number of likely N-dealkylation sites (tertiary alicyclic amines) is 1. The number of alkyl halides is 3. The number of rotatable bonds is 7. The van der Waals surface area contributed by atoms with E-state index in [0.29, 0.717) is 55.8 Å². The molecule has 9 nitrogen and oxygen atoms in total. The zero-order chi connectivity index (χ0) is 30.8.